The molecular formula is C28H28FN3O2. The van der Waals surface area contributed by atoms with Crippen LogP contribution in [0.25, 0.3) is 11.0 Å². The number of carbonyl (C=O) groups is 1. The van der Waals surface area contributed by atoms with Crippen LogP contribution in [0.3, 0.4) is 0 Å². The van der Waals surface area contributed by atoms with Crippen LogP contribution in [-0.2, 0) is 11.3 Å². The molecule has 174 valence electrons. The van der Waals surface area contributed by atoms with Crippen molar-refractivity contribution in [3.63, 3.8) is 0 Å². The Hall–Kier alpha value is -3.67. The third-order valence-corrected chi connectivity index (χ3v) is 6.30. The fraction of sp³-hybridized carbons (Fsp3) is 0.286. The van der Waals surface area contributed by atoms with Crippen molar-refractivity contribution >= 4 is 22.6 Å². The van der Waals surface area contributed by atoms with Gasteiger partial charge in [0.15, 0.2) is 0 Å². The summed E-state index contributed by atoms with van der Waals surface area (Å²) in [5, 5.41) is 0. The van der Waals surface area contributed by atoms with Crippen LogP contribution in [0.5, 0.6) is 5.75 Å². The number of benzene rings is 3. The van der Waals surface area contributed by atoms with Crippen molar-refractivity contribution in [3.8, 4) is 5.75 Å². The van der Waals surface area contributed by atoms with Crippen LogP contribution in [0.2, 0.25) is 0 Å². The molecule has 34 heavy (non-hydrogen) atoms. The molecule has 0 saturated carbocycles. The number of fused-ring (bicyclic) bond motifs is 1. The zero-order valence-corrected chi connectivity index (χ0v) is 19.5. The molecule has 1 aliphatic heterocycles. The fourth-order valence-electron chi connectivity index (χ4n) is 4.82. The zero-order valence-electron chi connectivity index (χ0n) is 19.5. The third kappa shape index (κ3) is 4.53. The van der Waals surface area contributed by atoms with Gasteiger partial charge in [-0.2, -0.15) is 0 Å². The Morgan fingerprint density at radius 1 is 1.03 bits per heavy atom. The lowest BCUT2D eigenvalue weighted by Gasteiger charge is -2.17. The van der Waals surface area contributed by atoms with Gasteiger partial charge in [-0.05, 0) is 79.9 Å². The Balaban J connectivity index is 1.34. The van der Waals surface area contributed by atoms with Gasteiger partial charge in [0.2, 0.25) is 5.91 Å². The first-order valence-electron chi connectivity index (χ1n) is 11.7. The predicted octanol–water partition coefficient (Wildman–Crippen LogP) is 5.78. The highest BCUT2D eigenvalue weighted by atomic mass is 19.1. The van der Waals surface area contributed by atoms with Gasteiger partial charge in [-0.3, -0.25) is 4.79 Å². The van der Waals surface area contributed by atoms with Crippen molar-refractivity contribution in [2.45, 2.75) is 39.2 Å². The Morgan fingerprint density at radius 3 is 2.53 bits per heavy atom. The summed E-state index contributed by atoms with van der Waals surface area (Å²) in [6, 6.07) is 20.4. The second-order valence-electron chi connectivity index (χ2n) is 9.02. The molecule has 3 aromatic carbocycles. The minimum Gasteiger partial charge on any atom is -0.494 e. The minimum atomic E-state index is -0.309. The van der Waals surface area contributed by atoms with E-state index in [1.807, 2.05) is 18.2 Å². The lowest BCUT2D eigenvalue weighted by molar-refractivity contribution is -0.117. The summed E-state index contributed by atoms with van der Waals surface area (Å²) in [7, 11) is 0. The number of amides is 1. The molecule has 0 radical (unpaired) electrons. The molecule has 1 unspecified atom stereocenters. The zero-order chi connectivity index (χ0) is 23.7. The molecule has 1 aromatic heterocycles. The average molecular weight is 458 g/mol. The highest BCUT2D eigenvalue weighted by Gasteiger charge is 2.34. The summed E-state index contributed by atoms with van der Waals surface area (Å²) < 4.78 is 21.6. The number of hydrogen-bond donors (Lipinski definition) is 0. The molecule has 0 bridgehead atoms. The van der Waals surface area contributed by atoms with E-state index in [4.69, 9.17) is 9.72 Å². The molecule has 1 amide bonds. The molecule has 2 heterocycles. The number of aromatic nitrogens is 2. The van der Waals surface area contributed by atoms with Crippen LogP contribution >= 0.6 is 0 Å². The van der Waals surface area contributed by atoms with Crippen LogP contribution in [0.1, 0.15) is 35.7 Å². The van der Waals surface area contributed by atoms with Gasteiger partial charge in [0, 0.05) is 31.1 Å². The highest BCUT2D eigenvalue weighted by molar-refractivity contribution is 5.96. The maximum absolute atomic E-state index is 13.4. The number of hydrogen-bond acceptors (Lipinski definition) is 3. The molecule has 5 rings (SSSR count). The second-order valence-corrected chi connectivity index (χ2v) is 9.02. The maximum Gasteiger partial charge on any atom is 0.227 e. The maximum atomic E-state index is 13.4. The lowest BCUT2D eigenvalue weighted by Crippen LogP contribution is -2.24. The summed E-state index contributed by atoms with van der Waals surface area (Å²) in [5.74, 6) is 1.52. The topological polar surface area (TPSA) is 47.4 Å². The Bertz CT molecular complexity index is 1310. The van der Waals surface area contributed by atoms with Gasteiger partial charge in [-0.25, -0.2) is 9.37 Å². The first-order valence-corrected chi connectivity index (χ1v) is 11.7. The first kappa shape index (κ1) is 22.1. The van der Waals surface area contributed by atoms with Crippen molar-refractivity contribution in [1.82, 2.24) is 9.55 Å². The molecule has 6 heteroatoms. The van der Waals surface area contributed by atoms with Crippen LogP contribution < -0.4 is 9.64 Å². The van der Waals surface area contributed by atoms with E-state index in [9.17, 15) is 9.18 Å². The summed E-state index contributed by atoms with van der Waals surface area (Å²) in [4.78, 5) is 19.5. The van der Waals surface area contributed by atoms with E-state index in [0.717, 1.165) is 41.3 Å². The molecule has 5 nitrogen and oxygen atoms in total. The molecule has 1 aliphatic rings. The molecule has 0 spiro atoms. The second kappa shape index (κ2) is 9.29. The van der Waals surface area contributed by atoms with Gasteiger partial charge in [0.25, 0.3) is 0 Å². The Kier molecular flexibility index (Phi) is 6.05. The standard InChI is InChI=1S/C28H28FN3O2/c1-19-14-20(2)16-24(15-19)34-13-5-12-31-26-7-4-3-6-25(26)30-28(31)21-17-27(33)32(18-21)23-10-8-22(29)9-11-23/h3-4,6-11,14-16,21H,5,12-13,17-18H2,1-2H3. The van der Waals surface area contributed by atoms with Crippen LogP contribution in [0.4, 0.5) is 10.1 Å². The normalized spacial score (nSPS) is 15.9. The van der Waals surface area contributed by atoms with Gasteiger partial charge >= 0.3 is 0 Å². The number of ether oxygens (including phenoxy) is 1. The molecule has 0 aliphatic carbocycles. The first-order chi connectivity index (χ1) is 16.5. The predicted molar refractivity (Wildman–Crippen MR) is 132 cm³/mol. The van der Waals surface area contributed by atoms with Crippen molar-refractivity contribution in [3.05, 3.63) is 89.5 Å². The van der Waals surface area contributed by atoms with Crippen molar-refractivity contribution in [2.75, 3.05) is 18.1 Å². The highest BCUT2D eigenvalue weighted by Crippen LogP contribution is 2.33. The van der Waals surface area contributed by atoms with Gasteiger partial charge in [0.1, 0.15) is 17.4 Å². The van der Waals surface area contributed by atoms with Gasteiger partial charge < -0.3 is 14.2 Å². The van der Waals surface area contributed by atoms with Gasteiger partial charge in [0.05, 0.1) is 17.6 Å². The molecule has 1 saturated heterocycles. The number of imidazole rings is 1. The summed E-state index contributed by atoms with van der Waals surface area (Å²) >= 11 is 0. The lowest BCUT2D eigenvalue weighted by atomic mass is 10.1. The number of aryl methyl sites for hydroxylation is 3. The molecule has 1 fully saturated rings. The quantitative estimate of drug-likeness (QED) is 0.331. The van der Waals surface area contributed by atoms with E-state index in [1.165, 1.54) is 23.3 Å². The molecule has 4 aromatic rings. The van der Waals surface area contributed by atoms with Crippen molar-refractivity contribution < 1.29 is 13.9 Å². The molecule has 0 N–H and O–H groups in total. The summed E-state index contributed by atoms with van der Waals surface area (Å²) in [6.45, 7) is 6.03. The summed E-state index contributed by atoms with van der Waals surface area (Å²) in [6.07, 6.45) is 1.21. The average Bonchev–Trinajstić information content (AvgIpc) is 3.37. The van der Waals surface area contributed by atoms with Crippen molar-refractivity contribution in [1.29, 1.82) is 0 Å². The van der Waals surface area contributed by atoms with E-state index < -0.39 is 0 Å². The van der Waals surface area contributed by atoms with E-state index >= 15 is 0 Å². The number of carbonyl (C=O) groups excluding carboxylic acids is 1. The largest absolute Gasteiger partial charge is 0.494 e. The number of para-hydroxylation sites is 2. The van der Waals surface area contributed by atoms with Gasteiger partial charge in [-0.1, -0.05) is 18.2 Å². The third-order valence-electron chi connectivity index (χ3n) is 6.30. The number of halogens is 1. The van der Waals surface area contributed by atoms with Crippen LogP contribution in [0.15, 0.2) is 66.7 Å². The van der Waals surface area contributed by atoms with Crippen molar-refractivity contribution in [2.24, 2.45) is 0 Å². The number of anilines is 1. The van der Waals surface area contributed by atoms with E-state index in [0.29, 0.717) is 19.6 Å². The summed E-state index contributed by atoms with van der Waals surface area (Å²) in [5.41, 5.74) is 5.10. The van der Waals surface area contributed by atoms with Crippen LogP contribution in [-0.4, -0.2) is 28.6 Å². The Morgan fingerprint density at radius 2 is 1.76 bits per heavy atom. The van der Waals surface area contributed by atoms with Crippen LogP contribution in [0, 0.1) is 19.7 Å². The molecular weight excluding hydrogens is 429 g/mol. The van der Waals surface area contributed by atoms with E-state index in [-0.39, 0.29) is 17.6 Å². The molecule has 1 atom stereocenters. The monoisotopic (exact) mass is 457 g/mol. The fourth-order valence-corrected chi connectivity index (χ4v) is 4.82. The Labute approximate surface area is 198 Å². The number of nitrogens with zero attached hydrogens (tertiary/aromatic N) is 3. The van der Waals surface area contributed by atoms with E-state index in [1.54, 1.807) is 17.0 Å². The number of rotatable bonds is 7. The van der Waals surface area contributed by atoms with E-state index in [2.05, 4.69) is 42.7 Å². The minimum absolute atomic E-state index is 0.0229. The van der Waals surface area contributed by atoms with Gasteiger partial charge in [-0.15, -0.1) is 0 Å². The SMILES string of the molecule is Cc1cc(C)cc(OCCCn2c(C3CC(=O)N(c4ccc(F)cc4)C3)nc3ccccc32)c1. The smallest absolute Gasteiger partial charge is 0.227 e.